The van der Waals surface area contributed by atoms with Crippen molar-refractivity contribution in [2.75, 3.05) is 23.7 Å². The first-order chi connectivity index (χ1) is 16.6. The standard InChI is InChI=1S/C26H32N6O2/c27-23(33)21-16-8-9-17(12-16)22(21)30-24-20(15-6-7-15)14-28-26(31-24)29-19-5-3-4-18(13-19)25(34)32-10-1-2-11-32/h3-5,8-9,13-17,21-22,25,34H,1-2,6-7,10-12H2,(H2,27,33)(H2,28,29,30,31)/t16?,17-,21-,22+,25?/m0/s1. The third kappa shape index (κ3) is 4.05. The topological polar surface area (TPSA) is 116 Å². The summed E-state index contributed by atoms with van der Waals surface area (Å²) in [6.07, 6.45) is 11.1. The third-order valence-corrected chi connectivity index (χ3v) is 7.85. The molecule has 2 saturated carbocycles. The first kappa shape index (κ1) is 21.6. The average Bonchev–Trinajstić information content (AvgIpc) is 3.22. The SMILES string of the molecule is NC(=O)[C@H]1C2C=C[C@@H](C2)[C@H]1Nc1nc(Nc2cccc(C(O)N3CCCC3)c2)ncc1C1CC1. The zero-order chi connectivity index (χ0) is 23.2. The first-order valence-electron chi connectivity index (χ1n) is 12.5. The molecule has 3 fully saturated rings. The van der Waals surface area contributed by atoms with E-state index in [1.807, 2.05) is 30.5 Å². The third-order valence-electron chi connectivity index (χ3n) is 7.85. The predicted molar refractivity (Wildman–Crippen MR) is 130 cm³/mol. The van der Waals surface area contributed by atoms with Crippen LogP contribution in [0.25, 0.3) is 0 Å². The Bertz CT molecular complexity index is 1110. The van der Waals surface area contributed by atoms with Crippen LogP contribution in [0.1, 0.15) is 55.4 Å². The highest BCUT2D eigenvalue weighted by Crippen LogP contribution is 2.47. The minimum atomic E-state index is -0.601. The number of primary amides is 1. The van der Waals surface area contributed by atoms with Crippen molar-refractivity contribution in [1.29, 1.82) is 0 Å². The Labute approximate surface area is 199 Å². The molecule has 2 unspecified atom stereocenters. The van der Waals surface area contributed by atoms with Crippen LogP contribution in [0.2, 0.25) is 0 Å². The fraction of sp³-hybridized carbons (Fsp3) is 0.500. The summed E-state index contributed by atoms with van der Waals surface area (Å²) < 4.78 is 0. The van der Waals surface area contributed by atoms with Crippen molar-refractivity contribution in [3.63, 3.8) is 0 Å². The van der Waals surface area contributed by atoms with Crippen molar-refractivity contribution in [2.45, 2.75) is 50.3 Å². The molecule has 2 bridgehead atoms. The maximum absolute atomic E-state index is 12.2. The maximum atomic E-state index is 12.2. The highest BCUT2D eigenvalue weighted by Gasteiger charge is 2.48. The molecular formula is C26H32N6O2. The number of nitrogens with zero attached hydrogens (tertiary/aromatic N) is 3. The predicted octanol–water partition coefficient (Wildman–Crippen LogP) is 3.27. The van der Waals surface area contributed by atoms with Crippen LogP contribution in [-0.2, 0) is 4.79 Å². The number of hydrogen-bond donors (Lipinski definition) is 4. The number of likely N-dealkylation sites (tertiary alicyclic amines) is 1. The molecule has 5 atom stereocenters. The van der Waals surface area contributed by atoms with Crippen molar-refractivity contribution in [1.82, 2.24) is 14.9 Å². The summed E-state index contributed by atoms with van der Waals surface area (Å²) >= 11 is 0. The van der Waals surface area contributed by atoms with Crippen molar-refractivity contribution < 1.29 is 9.90 Å². The highest BCUT2D eigenvalue weighted by atomic mass is 16.3. The van der Waals surface area contributed by atoms with Gasteiger partial charge in [-0.2, -0.15) is 4.98 Å². The molecular weight excluding hydrogens is 428 g/mol. The van der Waals surface area contributed by atoms with Gasteiger partial charge < -0.3 is 21.5 Å². The normalized spacial score (nSPS) is 28.9. The Morgan fingerprint density at radius 3 is 2.74 bits per heavy atom. The number of fused-ring (bicyclic) bond motifs is 2. The molecule has 6 rings (SSSR count). The number of nitrogens with two attached hydrogens (primary N) is 1. The zero-order valence-electron chi connectivity index (χ0n) is 19.2. The van der Waals surface area contributed by atoms with E-state index < -0.39 is 6.23 Å². The summed E-state index contributed by atoms with van der Waals surface area (Å²) in [6, 6.07) is 7.76. The van der Waals surface area contributed by atoms with Gasteiger partial charge in [-0.1, -0.05) is 24.3 Å². The maximum Gasteiger partial charge on any atom is 0.229 e. The molecule has 1 aliphatic heterocycles. The number of benzene rings is 1. The number of amides is 1. The Hall–Kier alpha value is -2.97. The van der Waals surface area contributed by atoms with Crippen LogP contribution in [0.5, 0.6) is 0 Å². The van der Waals surface area contributed by atoms with Crippen LogP contribution < -0.4 is 16.4 Å². The van der Waals surface area contributed by atoms with E-state index in [-0.39, 0.29) is 23.8 Å². The number of anilines is 3. The lowest BCUT2D eigenvalue weighted by Crippen LogP contribution is -2.41. The molecule has 4 aliphatic rings. The summed E-state index contributed by atoms with van der Waals surface area (Å²) in [7, 11) is 0. The second kappa shape index (κ2) is 8.67. The molecule has 178 valence electrons. The van der Waals surface area contributed by atoms with Crippen LogP contribution in [0.4, 0.5) is 17.5 Å². The molecule has 2 aromatic rings. The van der Waals surface area contributed by atoms with Gasteiger partial charge in [0.05, 0.1) is 5.92 Å². The van der Waals surface area contributed by atoms with Crippen LogP contribution in [0, 0.1) is 17.8 Å². The molecule has 1 aromatic carbocycles. The van der Waals surface area contributed by atoms with Gasteiger partial charge in [-0.25, -0.2) is 4.98 Å². The molecule has 0 spiro atoms. The molecule has 0 radical (unpaired) electrons. The molecule has 1 saturated heterocycles. The van der Waals surface area contributed by atoms with E-state index in [1.54, 1.807) is 0 Å². The van der Waals surface area contributed by atoms with E-state index in [2.05, 4.69) is 32.7 Å². The molecule has 8 nitrogen and oxygen atoms in total. The minimum absolute atomic E-state index is 0.0355. The van der Waals surface area contributed by atoms with E-state index in [0.717, 1.165) is 67.8 Å². The van der Waals surface area contributed by atoms with Crippen LogP contribution in [0.3, 0.4) is 0 Å². The van der Waals surface area contributed by atoms with Gasteiger partial charge in [0.2, 0.25) is 11.9 Å². The van der Waals surface area contributed by atoms with Gasteiger partial charge in [0, 0.05) is 36.6 Å². The van der Waals surface area contributed by atoms with Crippen molar-refractivity contribution in [2.24, 2.45) is 23.5 Å². The van der Waals surface area contributed by atoms with Crippen LogP contribution in [0.15, 0.2) is 42.6 Å². The lowest BCUT2D eigenvalue weighted by molar-refractivity contribution is -0.122. The van der Waals surface area contributed by atoms with Gasteiger partial charge in [-0.3, -0.25) is 9.69 Å². The van der Waals surface area contributed by atoms with E-state index in [1.165, 1.54) is 0 Å². The lowest BCUT2D eigenvalue weighted by Gasteiger charge is -2.28. The van der Waals surface area contributed by atoms with Gasteiger partial charge in [0.15, 0.2) is 0 Å². The van der Waals surface area contributed by atoms with Crippen molar-refractivity contribution >= 4 is 23.4 Å². The first-order valence-corrected chi connectivity index (χ1v) is 12.5. The van der Waals surface area contributed by atoms with Gasteiger partial charge in [0.1, 0.15) is 12.0 Å². The smallest absolute Gasteiger partial charge is 0.229 e. The summed E-state index contributed by atoms with van der Waals surface area (Å²) in [4.78, 5) is 23.7. The van der Waals surface area contributed by atoms with Crippen molar-refractivity contribution in [3.05, 3.63) is 53.7 Å². The van der Waals surface area contributed by atoms with E-state index >= 15 is 0 Å². The van der Waals surface area contributed by atoms with E-state index in [9.17, 15) is 9.90 Å². The average molecular weight is 461 g/mol. The molecule has 1 amide bonds. The fourth-order valence-electron chi connectivity index (χ4n) is 5.93. The number of carbonyl (C=O) groups is 1. The minimum Gasteiger partial charge on any atom is -0.374 e. The number of hydrogen-bond acceptors (Lipinski definition) is 7. The fourth-order valence-corrected chi connectivity index (χ4v) is 5.93. The lowest BCUT2D eigenvalue weighted by atomic mass is 9.88. The monoisotopic (exact) mass is 460 g/mol. The number of aromatic nitrogens is 2. The van der Waals surface area contributed by atoms with Crippen LogP contribution >= 0.6 is 0 Å². The molecule has 5 N–H and O–H groups in total. The van der Waals surface area contributed by atoms with E-state index in [4.69, 9.17) is 10.7 Å². The molecule has 8 heteroatoms. The van der Waals surface area contributed by atoms with Gasteiger partial charge in [-0.15, -0.1) is 0 Å². The largest absolute Gasteiger partial charge is 0.374 e. The number of aliphatic hydroxyl groups excluding tert-OH is 1. The molecule has 2 heterocycles. The Morgan fingerprint density at radius 1 is 1.18 bits per heavy atom. The number of nitrogens with one attached hydrogen (secondary N) is 2. The van der Waals surface area contributed by atoms with Gasteiger partial charge in [-0.05, 0) is 67.6 Å². The Kier molecular flexibility index (Phi) is 5.50. The summed E-state index contributed by atoms with van der Waals surface area (Å²) in [5.74, 6) is 1.81. The quantitative estimate of drug-likeness (QED) is 0.447. The van der Waals surface area contributed by atoms with Gasteiger partial charge in [0.25, 0.3) is 0 Å². The second-order valence-corrected chi connectivity index (χ2v) is 10.2. The highest BCUT2D eigenvalue weighted by molar-refractivity contribution is 5.80. The number of aliphatic hydroxyl groups is 1. The molecule has 3 aliphatic carbocycles. The second-order valence-electron chi connectivity index (χ2n) is 10.2. The number of rotatable bonds is 8. The van der Waals surface area contributed by atoms with Crippen molar-refractivity contribution in [3.8, 4) is 0 Å². The summed E-state index contributed by atoms with van der Waals surface area (Å²) in [5, 5.41) is 17.7. The molecule has 1 aromatic heterocycles. The number of carbonyl (C=O) groups excluding carboxylic acids is 1. The zero-order valence-corrected chi connectivity index (χ0v) is 19.2. The van der Waals surface area contributed by atoms with Crippen LogP contribution in [-0.4, -0.2) is 45.0 Å². The Morgan fingerprint density at radius 2 is 1.97 bits per heavy atom. The molecule has 34 heavy (non-hydrogen) atoms. The summed E-state index contributed by atoms with van der Waals surface area (Å²) in [6.45, 7) is 1.84. The van der Waals surface area contributed by atoms with Gasteiger partial charge >= 0.3 is 0 Å². The Balaban J connectivity index is 1.24. The number of allylic oxidation sites excluding steroid dienone is 1. The summed E-state index contributed by atoms with van der Waals surface area (Å²) in [5.41, 5.74) is 8.57. The van der Waals surface area contributed by atoms with E-state index in [0.29, 0.717) is 17.8 Å².